The highest BCUT2D eigenvalue weighted by atomic mass is 16.7. The lowest BCUT2D eigenvalue weighted by atomic mass is 9.99. The van der Waals surface area contributed by atoms with Crippen molar-refractivity contribution in [2.24, 2.45) is 0 Å². The molecule has 10 heteroatoms. The van der Waals surface area contributed by atoms with Crippen LogP contribution >= 0.6 is 0 Å². The monoisotopic (exact) mass is 600 g/mol. The summed E-state index contributed by atoms with van der Waals surface area (Å²) < 4.78 is 21.4. The molecule has 244 valence electrons. The smallest absolute Gasteiger partial charge is 0.306 e. The fraction of sp³-hybridized carbons (Fsp3) is 0.812. The summed E-state index contributed by atoms with van der Waals surface area (Å²) in [5.41, 5.74) is 0. The van der Waals surface area contributed by atoms with Crippen LogP contribution in [-0.4, -0.2) is 89.0 Å². The Kier molecular flexibility index (Phi) is 22.4. The summed E-state index contributed by atoms with van der Waals surface area (Å²) in [6.07, 6.45) is 15.8. The second-order valence-electron chi connectivity index (χ2n) is 10.9. The molecule has 42 heavy (non-hydrogen) atoms. The fourth-order valence-electron chi connectivity index (χ4n) is 4.49. The minimum absolute atomic E-state index is 0.155. The molecule has 0 aromatic carbocycles. The van der Waals surface area contributed by atoms with E-state index < -0.39 is 55.4 Å². The molecule has 1 aliphatic heterocycles. The number of esters is 2. The van der Waals surface area contributed by atoms with Crippen molar-refractivity contribution in [3.63, 3.8) is 0 Å². The van der Waals surface area contributed by atoms with Crippen LogP contribution in [0.1, 0.15) is 110 Å². The Morgan fingerprint density at radius 3 is 2.00 bits per heavy atom. The quantitative estimate of drug-likeness (QED) is 0.0718. The lowest BCUT2D eigenvalue weighted by molar-refractivity contribution is -0.305. The maximum absolute atomic E-state index is 12.4. The maximum atomic E-state index is 12.4. The van der Waals surface area contributed by atoms with Gasteiger partial charge in [-0.1, -0.05) is 83.1 Å². The van der Waals surface area contributed by atoms with Crippen LogP contribution in [0.5, 0.6) is 0 Å². The number of hydrogen-bond donors (Lipinski definition) is 4. The van der Waals surface area contributed by atoms with E-state index in [1.165, 1.54) is 44.9 Å². The van der Waals surface area contributed by atoms with E-state index in [9.17, 15) is 30.0 Å². The minimum Gasteiger partial charge on any atom is -0.462 e. The molecule has 1 fully saturated rings. The molecule has 0 aromatic rings. The van der Waals surface area contributed by atoms with Crippen LogP contribution in [0.2, 0.25) is 0 Å². The summed E-state index contributed by atoms with van der Waals surface area (Å²) in [6, 6.07) is 0. The van der Waals surface area contributed by atoms with Gasteiger partial charge in [-0.3, -0.25) is 9.59 Å². The third-order valence-electron chi connectivity index (χ3n) is 7.14. The van der Waals surface area contributed by atoms with Gasteiger partial charge >= 0.3 is 11.9 Å². The zero-order valence-electron chi connectivity index (χ0n) is 25.7. The van der Waals surface area contributed by atoms with Crippen molar-refractivity contribution >= 4 is 11.9 Å². The molecule has 0 spiro atoms. The zero-order valence-corrected chi connectivity index (χ0v) is 25.7. The molecule has 6 unspecified atom stereocenters. The third-order valence-corrected chi connectivity index (χ3v) is 7.14. The maximum Gasteiger partial charge on any atom is 0.306 e. The van der Waals surface area contributed by atoms with E-state index in [0.717, 1.165) is 32.1 Å². The van der Waals surface area contributed by atoms with Crippen molar-refractivity contribution < 1.29 is 49.0 Å². The van der Waals surface area contributed by atoms with Crippen LogP contribution in [0.4, 0.5) is 0 Å². The predicted molar refractivity (Wildman–Crippen MR) is 159 cm³/mol. The van der Waals surface area contributed by atoms with E-state index in [0.29, 0.717) is 6.42 Å². The van der Waals surface area contributed by atoms with E-state index in [4.69, 9.17) is 18.9 Å². The summed E-state index contributed by atoms with van der Waals surface area (Å²) in [4.78, 5) is 24.0. The summed E-state index contributed by atoms with van der Waals surface area (Å²) in [5, 5.41) is 39.3. The highest BCUT2D eigenvalue weighted by Gasteiger charge is 2.44. The highest BCUT2D eigenvalue weighted by Crippen LogP contribution is 2.22. The standard InChI is InChI=1S/C32H56O10/c1-3-5-6-7-8-9-10-11-12-13-14-15-16-17-18-19-20-21-28(35)41-25(23-39-27(34)4-2)24-40-32-31(38)30(37)29(36)26(22-33)42-32/h8-9,11-12,25-26,29-33,36-38H,3-7,10,13-24H2,1-2H3/b9-8-,12-11-. The van der Waals surface area contributed by atoms with E-state index in [2.05, 4.69) is 31.2 Å². The van der Waals surface area contributed by atoms with Crippen LogP contribution in [0, 0.1) is 0 Å². The molecule has 1 rings (SSSR count). The molecule has 4 N–H and O–H groups in total. The highest BCUT2D eigenvalue weighted by molar-refractivity contribution is 5.70. The molecule has 0 radical (unpaired) electrons. The number of carbonyl (C=O) groups is 2. The summed E-state index contributed by atoms with van der Waals surface area (Å²) >= 11 is 0. The lowest BCUT2D eigenvalue weighted by Gasteiger charge is -2.39. The van der Waals surface area contributed by atoms with Crippen molar-refractivity contribution in [3.8, 4) is 0 Å². The second kappa shape index (κ2) is 24.6. The van der Waals surface area contributed by atoms with Crippen molar-refractivity contribution in [1.82, 2.24) is 0 Å². The number of rotatable bonds is 24. The Morgan fingerprint density at radius 1 is 0.762 bits per heavy atom. The van der Waals surface area contributed by atoms with Crippen molar-refractivity contribution in [1.29, 1.82) is 0 Å². The van der Waals surface area contributed by atoms with Crippen LogP contribution in [0.15, 0.2) is 24.3 Å². The van der Waals surface area contributed by atoms with Crippen molar-refractivity contribution in [2.75, 3.05) is 19.8 Å². The second-order valence-corrected chi connectivity index (χ2v) is 10.9. The van der Waals surface area contributed by atoms with E-state index in [-0.39, 0.29) is 26.1 Å². The van der Waals surface area contributed by atoms with Gasteiger partial charge in [0.15, 0.2) is 12.4 Å². The van der Waals surface area contributed by atoms with Gasteiger partial charge in [0, 0.05) is 12.8 Å². The Bertz CT molecular complexity index is 754. The van der Waals surface area contributed by atoms with E-state index in [1.54, 1.807) is 6.92 Å². The SMILES string of the molecule is CCCCC/C=C\C/C=C\CCCCCCCCCC(=O)OC(COC(=O)CC)COC1OC(CO)C(O)C(O)C1O. The lowest BCUT2D eigenvalue weighted by Crippen LogP contribution is -2.59. The molecular formula is C32H56O10. The van der Waals surface area contributed by atoms with Crippen molar-refractivity contribution in [3.05, 3.63) is 24.3 Å². The molecule has 1 saturated heterocycles. The molecule has 0 amide bonds. The number of allylic oxidation sites excluding steroid dienone is 4. The van der Waals surface area contributed by atoms with Gasteiger partial charge in [0.05, 0.1) is 13.2 Å². The zero-order chi connectivity index (χ0) is 31.0. The molecule has 10 nitrogen and oxygen atoms in total. The number of hydrogen-bond acceptors (Lipinski definition) is 10. The first-order valence-electron chi connectivity index (χ1n) is 15.9. The molecule has 0 saturated carbocycles. The molecular weight excluding hydrogens is 544 g/mol. The largest absolute Gasteiger partial charge is 0.462 e. The predicted octanol–water partition coefficient (Wildman–Crippen LogP) is 4.26. The minimum atomic E-state index is -1.59. The Balaban J connectivity index is 2.23. The molecule has 1 aliphatic rings. The normalized spacial score (nSPS) is 23.4. The van der Waals surface area contributed by atoms with Crippen LogP contribution in [0.3, 0.4) is 0 Å². The Morgan fingerprint density at radius 2 is 1.38 bits per heavy atom. The van der Waals surface area contributed by atoms with Crippen LogP contribution in [0.25, 0.3) is 0 Å². The fourth-order valence-corrected chi connectivity index (χ4v) is 4.49. The Hall–Kier alpha value is -1.82. The summed E-state index contributed by atoms with van der Waals surface area (Å²) in [6.45, 7) is 2.75. The van der Waals surface area contributed by atoms with Crippen LogP contribution in [-0.2, 0) is 28.5 Å². The number of aliphatic hydroxyl groups excluding tert-OH is 4. The number of aliphatic hydroxyl groups is 4. The van der Waals surface area contributed by atoms with Gasteiger partial charge in [0.1, 0.15) is 31.0 Å². The molecule has 0 bridgehead atoms. The first-order chi connectivity index (χ1) is 20.3. The Labute approximate surface area is 252 Å². The van der Waals surface area contributed by atoms with Crippen molar-refractivity contribution in [2.45, 2.75) is 147 Å². The van der Waals surface area contributed by atoms with Gasteiger partial charge in [-0.15, -0.1) is 0 Å². The van der Waals surface area contributed by atoms with Gasteiger partial charge in [0.2, 0.25) is 0 Å². The molecule has 1 heterocycles. The topological polar surface area (TPSA) is 152 Å². The average molecular weight is 601 g/mol. The third kappa shape index (κ3) is 17.3. The van der Waals surface area contributed by atoms with E-state index >= 15 is 0 Å². The van der Waals surface area contributed by atoms with Gasteiger partial charge in [-0.05, 0) is 38.5 Å². The van der Waals surface area contributed by atoms with Gasteiger partial charge < -0.3 is 39.4 Å². The molecule has 6 atom stereocenters. The number of carbonyl (C=O) groups excluding carboxylic acids is 2. The van der Waals surface area contributed by atoms with Gasteiger partial charge in [0.25, 0.3) is 0 Å². The first kappa shape index (κ1) is 38.2. The van der Waals surface area contributed by atoms with Gasteiger partial charge in [-0.25, -0.2) is 0 Å². The number of unbranched alkanes of at least 4 members (excludes halogenated alkanes) is 10. The molecule has 0 aliphatic carbocycles. The number of ether oxygens (including phenoxy) is 4. The van der Waals surface area contributed by atoms with E-state index in [1.807, 2.05) is 0 Å². The molecule has 0 aromatic heterocycles. The average Bonchev–Trinajstić information content (AvgIpc) is 2.99. The van der Waals surface area contributed by atoms with Crippen LogP contribution < -0.4 is 0 Å². The van der Waals surface area contributed by atoms with Gasteiger partial charge in [-0.2, -0.15) is 0 Å². The summed E-state index contributed by atoms with van der Waals surface area (Å²) in [5.74, 6) is -0.919. The first-order valence-corrected chi connectivity index (χ1v) is 15.9. The summed E-state index contributed by atoms with van der Waals surface area (Å²) in [7, 11) is 0.